The van der Waals surface area contributed by atoms with E-state index in [-0.39, 0.29) is 5.02 Å². The van der Waals surface area contributed by atoms with Crippen molar-refractivity contribution < 1.29 is 4.39 Å². The van der Waals surface area contributed by atoms with Gasteiger partial charge in [-0.2, -0.15) is 5.26 Å². The third-order valence-electron chi connectivity index (χ3n) is 3.80. The molecule has 0 atom stereocenters. The predicted molar refractivity (Wildman–Crippen MR) is 92.4 cm³/mol. The Kier molecular flexibility index (Phi) is 5.46. The van der Waals surface area contributed by atoms with Crippen LogP contribution in [0, 0.1) is 17.1 Å². The van der Waals surface area contributed by atoms with Crippen molar-refractivity contribution in [2.24, 2.45) is 0 Å². The molecule has 5 heteroatoms. The summed E-state index contributed by atoms with van der Waals surface area (Å²) in [6.45, 7) is 7.77. The zero-order valence-electron chi connectivity index (χ0n) is 13.5. The molecule has 0 saturated carbocycles. The first-order chi connectivity index (χ1) is 11.1. The van der Waals surface area contributed by atoms with Crippen LogP contribution in [0.2, 0.25) is 5.02 Å². The van der Waals surface area contributed by atoms with Crippen LogP contribution < -0.4 is 0 Å². The largest absolute Gasteiger partial charge is 0.359 e. The molecule has 23 heavy (non-hydrogen) atoms. The lowest BCUT2D eigenvalue weighted by Gasteiger charge is -2.24. The van der Waals surface area contributed by atoms with Gasteiger partial charge in [0, 0.05) is 36.6 Å². The average Bonchev–Trinajstić information content (AvgIpc) is 2.98. The highest BCUT2D eigenvalue weighted by Crippen LogP contribution is 2.31. The molecule has 120 valence electrons. The Hall–Kier alpha value is -2.25. The number of nitrogens with zero attached hydrogens (tertiary/aromatic N) is 3. The van der Waals surface area contributed by atoms with E-state index < -0.39 is 5.82 Å². The molecule has 2 rings (SSSR count). The summed E-state index contributed by atoms with van der Waals surface area (Å²) in [5, 5.41) is 9.46. The first-order valence-electron chi connectivity index (χ1n) is 7.55. The molecule has 0 aliphatic rings. The van der Waals surface area contributed by atoms with Gasteiger partial charge in [0.25, 0.3) is 0 Å². The summed E-state index contributed by atoms with van der Waals surface area (Å²) in [6.07, 6.45) is 5.48. The molecular formula is C18H19ClFN3. The van der Waals surface area contributed by atoms with E-state index in [0.717, 1.165) is 18.9 Å². The molecule has 3 nitrogen and oxygen atoms in total. The lowest BCUT2D eigenvalue weighted by molar-refractivity contribution is 0.420. The number of nitriles is 1. The topological polar surface area (TPSA) is 32.0 Å². The second-order valence-electron chi connectivity index (χ2n) is 5.03. The third kappa shape index (κ3) is 3.25. The smallest absolute Gasteiger partial charge is 0.149 e. The van der Waals surface area contributed by atoms with Gasteiger partial charge in [-0.25, -0.2) is 4.39 Å². The fourth-order valence-corrected chi connectivity index (χ4v) is 2.82. The first-order valence-corrected chi connectivity index (χ1v) is 7.93. The zero-order valence-corrected chi connectivity index (χ0v) is 14.2. The molecule has 0 bridgehead atoms. The van der Waals surface area contributed by atoms with Gasteiger partial charge in [-0.3, -0.25) is 0 Å². The van der Waals surface area contributed by atoms with Gasteiger partial charge < -0.3 is 9.47 Å². The van der Waals surface area contributed by atoms with Crippen LogP contribution >= 0.6 is 11.6 Å². The minimum atomic E-state index is -0.506. The SMILES string of the molecule is CC=C(N(CC)CC)n1cc(C#N)c(-c2cccc(Cl)c2F)c1. The van der Waals surface area contributed by atoms with Crippen LogP contribution in [0.4, 0.5) is 4.39 Å². The average molecular weight is 332 g/mol. The molecular weight excluding hydrogens is 313 g/mol. The second kappa shape index (κ2) is 7.34. The molecule has 1 heterocycles. The number of rotatable bonds is 5. The van der Waals surface area contributed by atoms with Crippen molar-refractivity contribution in [1.82, 2.24) is 9.47 Å². The maximum absolute atomic E-state index is 14.3. The highest BCUT2D eigenvalue weighted by atomic mass is 35.5. The maximum atomic E-state index is 14.3. The first kappa shape index (κ1) is 17.1. The lowest BCUT2D eigenvalue weighted by atomic mass is 10.1. The Morgan fingerprint density at radius 3 is 2.57 bits per heavy atom. The van der Waals surface area contributed by atoms with Crippen molar-refractivity contribution in [3.63, 3.8) is 0 Å². The summed E-state index contributed by atoms with van der Waals surface area (Å²) in [6, 6.07) is 6.95. The molecule has 0 unspecified atom stereocenters. The predicted octanol–water partition coefficient (Wildman–Crippen LogP) is 4.98. The van der Waals surface area contributed by atoms with Crippen molar-refractivity contribution in [3.05, 3.63) is 53.1 Å². The molecule has 0 amide bonds. The van der Waals surface area contributed by atoms with Crippen LogP contribution in [0.15, 0.2) is 36.7 Å². The van der Waals surface area contributed by atoms with E-state index in [9.17, 15) is 9.65 Å². The van der Waals surface area contributed by atoms with Crippen LogP contribution in [0.25, 0.3) is 16.9 Å². The molecule has 0 radical (unpaired) electrons. The highest BCUT2D eigenvalue weighted by Gasteiger charge is 2.17. The van der Waals surface area contributed by atoms with Crippen molar-refractivity contribution in [2.75, 3.05) is 13.1 Å². The summed E-state index contributed by atoms with van der Waals surface area (Å²) in [4.78, 5) is 2.17. The van der Waals surface area contributed by atoms with Gasteiger partial charge in [0.05, 0.1) is 10.6 Å². The van der Waals surface area contributed by atoms with Crippen LogP contribution in [0.5, 0.6) is 0 Å². The summed E-state index contributed by atoms with van der Waals surface area (Å²) in [5.41, 5.74) is 1.29. The van der Waals surface area contributed by atoms with Crippen molar-refractivity contribution >= 4 is 17.4 Å². The summed E-state index contributed by atoms with van der Waals surface area (Å²) in [7, 11) is 0. The summed E-state index contributed by atoms with van der Waals surface area (Å²) in [5.74, 6) is 0.452. The van der Waals surface area contributed by atoms with Gasteiger partial charge in [-0.05, 0) is 32.9 Å². The van der Waals surface area contributed by atoms with E-state index in [0.29, 0.717) is 16.7 Å². The maximum Gasteiger partial charge on any atom is 0.149 e. The van der Waals surface area contributed by atoms with E-state index in [4.69, 9.17) is 11.6 Å². The number of hydrogen-bond donors (Lipinski definition) is 0. The normalized spacial score (nSPS) is 11.4. The molecule has 0 spiro atoms. The van der Waals surface area contributed by atoms with Crippen LogP contribution in [0.1, 0.15) is 26.3 Å². The van der Waals surface area contributed by atoms with Gasteiger partial charge in [-0.15, -0.1) is 0 Å². The van der Waals surface area contributed by atoms with E-state index in [1.807, 2.05) is 17.6 Å². The number of halogens is 2. The quantitative estimate of drug-likeness (QED) is 0.774. The van der Waals surface area contributed by atoms with Crippen LogP contribution in [0.3, 0.4) is 0 Å². The molecule has 1 aromatic carbocycles. The van der Waals surface area contributed by atoms with E-state index in [2.05, 4.69) is 24.8 Å². The van der Waals surface area contributed by atoms with Crippen LogP contribution in [-0.4, -0.2) is 22.6 Å². The van der Waals surface area contributed by atoms with Crippen molar-refractivity contribution in [2.45, 2.75) is 20.8 Å². The highest BCUT2D eigenvalue weighted by molar-refractivity contribution is 6.31. The summed E-state index contributed by atoms with van der Waals surface area (Å²) >= 11 is 5.87. The standard InChI is InChI=1S/C18H19ClFN3/c1-4-17(22(5-2)6-3)23-11-13(10-21)15(12-23)14-8-7-9-16(19)18(14)20/h4,7-9,11-12H,5-6H2,1-3H3. The lowest BCUT2D eigenvalue weighted by Crippen LogP contribution is -2.24. The van der Waals surface area contributed by atoms with Gasteiger partial charge in [0.1, 0.15) is 17.7 Å². The van der Waals surface area contributed by atoms with Gasteiger partial charge in [-0.1, -0.05) is 23.7 Å². The Morgan fingerprint density at radius 2 is 2.00 bits per heavy atom. The van der Waals surface area contributed by atoms with E-state index in [1.54, 1.807) is 24.5 Å². The molecule has 0 saturated heterocycles. The molecule has 2 aromatic rings. The fraction of sp³-hybridized carbons (Fsp3) is 0.278. The molecule has 1 aromatic heterocycles. The minimum absolute atomic E-state index is 0.0501. The Bertz CT molecular complexity index is 767. The van der Waals surface area contributed by atoms with Crippen LogP contribution in [-0.2, 0) is 0 Å². The van der Waals surface area contributed by atoms with Gasteiger partial charge in [0.15, 0.2) is 0 Å². The van der Waals surface area contributed by atoms with Crippen molar-refractivity contribution in [1.29, 1.82) is 5.26 Å². The molecule has 0 aliphatic heterocycles. The number of benzene rings is 1. The number of hydrogen-bond acceptors (Lipinski definition) is 2. The molecule has 0 aliphatic carbocycles. The summed E-state index contributed by atoms with van der Waals surface area (Å²) < 4.78 is 16.2. The minimum Gasteiger partial charge on any atom is -0.359 e. The molecule has 0 fully saturated rings. The third-order valence-corrected chi connectivity index (χ3v) is 4.09. The van der Waals surface area contributed by atoms with Gasteiger partial charge >= 0.3 is 0 Å². The Morgan fingerprint density at radius 1 is 1.30 bits per heavy atom. The monoisotopic (exact) mass is 331 g/mol. The Balaban J connectivity index is 2.59. The molecule has 0 N–H and O–H groups in total. The number of aromatic nitrogens is 1. The number of allylic oxidation sites excluding steroid dienone is 1. The van der Waals surface area contributed by atoms with E-state index in [1.165, 1.54) is 6.07 Å². The van der Waals surface area contributed by atoms with E-state index >= 15 is 0 Å². The Labute approximate surface area is 141 Å². The van der Waals surface area contributed by atoms with Crippen molar-refractivity contribution in [3.8, 4) is 17.2 Å². The van der Waals surface area contributed by atoms with Gasteiger partial charge in [0.2, 0.25) is 0 Å². The zero-order chi connectivity index (χ0) is 17.0. The second-order valence-corrected chi connectivity index (χ2v) is 5.43. The fourth-order valence-electron chi connectivity index (χ4n) is 2.64.